The lowest BCUT2D eigenvalue weighted by atomic mass is 10.1. The predicted octanol–water partition coefficient (Wildman–Crippen LogP) is 4.86. The van der Waals surface area contributed by atoms with Gasteiger partial charge in [0.1, 0.15) is 5.69 Å². The molecule has 0 bridgehead atoms. The van der Waals surface area contributed by atoms with Gasteiger partial charge in [-0.15, -0.1) is 0 Å². The van der Waals surface area contributed by atoms with Crippen LogP contribution in [-0.4, -0.2) is 31.8 Å². The minimum absolute atomic E-state index is 0.141. The molecule has 0 aliphatic rings. The highest BCUT2D eigenvalue weighted by atomic mass is 35.5. The third-order valence-electron chi connectivity index (χ3n) is 4.65. The van der Waals surface area contributed by atoms with Crippen molar-refractivity contribution in [2.24, 2.45) is 0 Å². The van der Waals surface area contributed by atoms with E-state index in [1.807, 2.05) is 5.32 Å². The average molecular weight is 558 g/mol. The lowest BCUT2D eigenvalue weighted by molar-refractivity contribution is -0.384. The molecule has 0 radical (unpaired) electrons. The smallest absolute Gasteiger partial charge is 0.416 e. The van der Waals surface area contributed by atoms with Crippen LogP contribution in [0.4, 0.5) is 30.2 Å². The van der Waals surface area contributed by atoms with Crippen LogP contribution < -0.4 is 10.0 Å². The number of nitro benzene ring substituents is 1. The van der Waals surface area contributed by atoms with Crippen molar-refractivity contribution in [2.45, 2.75) is 11.1 Å². The number of nitrogens with one attached hydrogen (secondary N) is 2. The maximum atomic E-state index is 12.8. The van der Waals surface area contributed by atoms with Crippen LogP contribution in [0.1, 0.15) is 15.9 Å². The lowest BCUT2D eigenvalue weighted by Gasteiger charge is -2.13. The second-order valence-corrected chi connectivity index (χ2v) is 9.33. The average Bonchev–Trinajstić information content (AvgIpc) is 2.82. The predicted molar refractivity (Wildman–Crippen MR) is 126 cm³/mol. The second-order valence-electron chi connectivity index (χ2n) is 7.22. The molecule has 10 nitrogen and oxygen atoms in total. The summed E-state index contributed by atoms with van der Waals surface area (Å²) < 4.78 is 70.8. The molecule has 0 aromatic heterocycles. The van der Waals surface area contributed by atoms with Gasteiger partial charge in [-0.1, -0.05) is 23.7 Å². The van der Waals surface area contributed by atoms with E-state index in [1.165, 1.54) is 48.5 Å². The molecule has 3 aromatic rings. The van der Waals surface area contributed by atoms with Crippen molar-refractivity contribution in [1.29, 1.82) is 0 Å². The van der Waals surface area contributed by atoms with Crippen LogP contribution >= 0.6 is 11.6 Å². The van der Waals surface area contributed by atoms with Crippen molar-refractivity contribution < 1.29 is 40.8 Å². The summed E-state index contributed by atoms with van der Waals surface area (Å²) in [5.41, 5.74) is -3.28. The molecule has 0 fully saturated rings. The highest BCUT2D eigenvalue weighted by Crippen LogP contribution is 2.35. The Labute approximate surface area is 212 Å². The van der Waals surface area contributed by atoms with Crippen LogP contribution in [0, 0.1) is 10.1 Å². The number of sulfonamides is 1. The Kier molecular flexibility index (Phi) is 8.03. The Morgan fingerprint density at radius 2 is 1.65 bits per heavy atom. The number of halogens is 4. The first-order valence-corrected chi connectivity index (χ1v) is 11.8. The van der Waals surface area contributed by atoms with Crippen LogP contribution in [0.3, 0.4) is 0 Å². The van der Waals surface area contributed by atoms with Gasteiger partial charge in [-0.3, -0.25) is 19.6 Å². The van der Waals surface area contributed by atoms with E-state index < -0.39 is 56.5 Å². The zero-order chi connectivity index (χ0) is 27.4. The van der Waals surface area contributed by atoms with Gasteiger partial charge in [-0.25, -0.2) is 13.2 Å². The number of alkyl halides is 3. The molecule has 0 aliphatic heterocycles. The van der Waals surface area contributed by atoms with Crippen LogP contribution in [0.25, 0.3) is 0 Å². The summed E-state index contributed by atoms with van der Waals surface area (Å²) in [7, 11) is -4.12. The van der Waals surface area contributed by atoms with Crippen molar-refractivity contribution in [2.75, 3.05) is 16.6 Å². The first kappa shape index (κ1) is 27.4. The first-order valence-electron chi connectivity index (χ1n) is 9.98. The van der Waals surface area contributed by atoms with Gasteiger partial charge in [-0.2, -0.15) is 13.2 Å². The van der Waals surface area contributed by atoms with Crippen molar-refractivity contribution in [3.8, 4) is 0 Å². The number of rotatable bonds is 8. The summed E-state index contributed by atoms with van der Waals surface area (Å²) in [5, 5.41) is 13.5. The molecule has 0 spiro atoms. The summed E-state index contributed by atoms with van der Waals surface area (Å²) >= 11 is 5.76. The largest absolute Gasteiger partial charge is 0.452 e. The quantitative estimate of drug-likeness (QED) is 0.228. The molecule has 0 saturated carbocycles. The molecule has 0 heterocycles. The summed E-state index contributed by atoms with van der Waals surface area (Å²) in [5.74, 6) is -2.21. The summed E-state index contributed by atoms with van der Waals surface area (Å²) in [6, 6.07) is 12.0. The highest BCUT2D eigenvalue weighted by Gasteiger charge is 2.33. The topological polar surface area (TPSA) is 145 Å². The molecule has 1 amide bonds. The van der Waals surface area contributed by atoms with E-state index in [0.29, 0.717) is 17.2 Å². The van der Waals surface area contributed by atoms with Crippen molar-refractivity contribution in [1.82, 2.24) is 0 Å². The van der Waals surface area contributed by atoms with Gasteiger partial charge in [0.05, 0.1) is 26.6 Å². The van der Waals surface area contributed by atoms with E-state index in [-0.39, 0.29) is 22.2 Å². The second kappa shape index (κ2) is 10.8. The Bertz CT molecular complexity index is 1460. The summed E-state index contributed by atoms with van der Waals surface area (Å²) in [6.45, 7) is -0.977. The fourth-order valence-corrected chi connectivity index (χ4v) is 4.13. The molecular formula is C22H15ClF3N3O7S. The molecule has 37 heavy (non-hydrogen) atoms. The Morgan fingerprint density at radius 3 is 2.27 bits per heavy atom. The number of hydrogen-bond donors (Lipinski definition) is 2. The van der Waals surface area contributed by atoms with E-state index in [4.69, 9.17) is 16.3 Å². The fraction of sp³-hybridized carbons (Fsp3) is 0.0909. The Balaban J connectivity index is 1.71. The number of amides is 1. The van der Waals surface area contributed by atoms with E-state index >= 15 is 0 Å². The zero-order valence-corrected chi connectivity index (χ0v) is 19.9. The van der Waals surface area contributed by atoms with E-state index in [2.05, 4.69) is 4.72 Å². The van der Waals surface area contributed by atoms with Crippen molar-refractivity contribution in [3.05, 3.63) is 93.0 Å². The Hall–Kier alpha value is -4.17. The number of carbonyl (C=O) groups excluding carboxylic acids is 2. The number of benzene rings is 3. The third-order valence-corrected chi connectivity index (χ3v) is 6.28. The van der Waals surface area contributed by atoms with Crippen LogP contribution in [0.5, 0.6) is 0 Å². The minimum atomic E-state index is -4.84. The zero-order valence-electron chi connectivity index (χ0n) is 18.3. The SMILES string of the molecule is O=C(COC(=O)c1ccccc1NS(=O)(=O)c1ccc(Cl)cc1)Nc1ccc(C(F)(F)F)cc1[N+](=O)[O-]. The molecular weight excluding hydrogens is 543 g/mol. The van der Waals surface area contributed by atoms with Gasteiger partial charge in [0.2, 0.25) is 0 Å². The van der Waals surface area contributed by atoms with E-state index in [0.717, 1.165) is 0 Å². The minimum Gasteiger partial charge on any atom is -0.452 e. The number of ether oxygens (including phenoxy) is 1. The molecule has 3 aromatic carbocycles. The molecule has 0 atom stereocenters. The van der Waals surface area contributed by atoms with Crippen LogP contribution in [-0.2, 0) is 25.7 Å². The molecule has 15 heteroatoms. The first-order chi connectivity index (χ1) is 17.3. The molecule has 194 valence electrons. The van der Waals surface area contributed by atoms with Gasteiger partial charge in [0, 0.05) is 11.1 Å². The number of hydrogen-bond acceptors (Lipinski definition) is 7. The van der Waals surface area contributed by atoms with Gasteiger partial charge in [-0.05, 0) is 48.5 Å². The van der Waals surface area contributed by atoms with Crippen LogP contribution in [0.15, 0.2) is 71.6 Å². The van der Waals surface area contributed by atoms with Gasteiger partial charge in [0.15, 0.2) is 6.61 Å². The van der Waals surface area contributed by atoms with E-state index in [1.54, 1.807) is 0 Å². The highest BCUT2D eigenvalue weighted by molar-refractivity contribution is 7.92. The van der Waals surface area contributed by atoms with E-state index in [9.17, 15) is 41.3 Å². The van der Waals surface area contributed by atoms with Crippen LogP contribution in [0.2, 0.25) is 5.02 Å². The van der Waals surface area contributed by atoms with Gasteiger partial charge >= 0.3 is 12.1 Å². The molecule has 0 aliphatic carbocycles. The number of esters is 1. The van der Waals surface area contributed by atoms with Gasteiger partial charge < -0.3 is 10.1 Å². The molecule has 0 unspecified atom stereocenters. The Morgan fingerprint density at radius 1 is 1.00 bits per heavy atom. The van der Waals surface area contributed by atoms with Crippen molar-refractivity contribution in [3.63, 3.8) is 0 Å². The molecule has 2 N–H and O–H groups in total. The number of carbonyl (C=O) groups is 2. The molecule has 3 rings (SSSR count). The summed E-state index contributed by atoms with van der Waals surface area (Å²) in [6.07, 6.45) is -4.84. The van der Waals surface area contributed by atoms with Crippen molar-refractivity contribution >= 4 is 50.6 Å². The number of para-hydroxylation sites is 1. The summed E-state index contributed by atoms with van der Waals surface area (Å²) in [4.78, 5) is 34.6. The number of nitrogens with zero attached hydrogens (tertiary/aromatic N) is 1. The monoisotopic (exact) mass is 557 g/mol. The normalized spacial score (nSPS) is 11.5. The number of anilines is 2. The fourth-order valence-electron chi connectivity index (χ4n) is 2.93. The standard InChI is InChI=1S/C22H15ClF3N3O7S/c23-14-6-8-15(9-7-14)37(34,35)28-17-4-2-1-3-16(17)21(31)36-12-20(30)27-18-10-5-13(22(24,25)26)11-19(18)29(32)33/h1-11,28H,12H2,(H,27,30). The maximum Gasteiger partial charge on any atom is 0.416 e. The van der Waals surface area contributed by atoms with Gasteiger partial charge in [0.25, 0.3) is 21.6 Å². The third kappa shape index (κ3) is 6.95. The maximum absolute atomic E-state index is 12.8. The molecule has 0 saturated heterocycles. The number of nitro groups is 1. The lowest BCUT2D eigenvalue weighted by Crippen LogP contribution is -2.22.